The van der Waals surface area contributed by atoms with Crippen molar-refractivity contribution in [1.29, 1.82) is 0 Å². The lowest BCUT2D eigenvalue weighted by atomic mass is 9.98. The molecule has 30 heavy (non-hydrogen) atoms. The molecule has 1 aromatic rings. The number of ketones is 2. The van der Waals surface area contributed by atoms with Gasteiger partial charge in [-0.2, -0.15) is 8.42 Å². The van der Waals surface area contributed by atoms with Crippen molar-refractivity contribution in [3.05, 3.63) is 24.3 Å². The summed E-state index contributed by atoms with van der Waals surface area (Å²) in [5.74, 6) is -1.87. The number of carbonyl (C=O) groups is 3. The molecule has 0 fully saturated rings. The van der Waals surface area contributed by atoms with E-state index in [1.807, 2.05) is 6.92 Å². The van der Waals surface area contributed by atoms with Crippen LogP contribution in [0.3, 0.4) is 0 Å². The molecule has 0 bridgehead atoms. The molecule has 0 spiro atoms. The second kappa shape index (κ2) is 13.2. The van der Waals surface area contributed by atoms with Gasteiger partial charge in [-0.25, -0.2) is 0 Å². The van der Waals surface area contributed by atoms with E-state index in [0.717, 1.165) is 7.11 Å². The van der Waals surface area contributed by atoms with E-state index in [2.05, 4.69) is 9.50 Å². The van der Waals surface area contributed by atoms with Crippen LogP contribution in [0.5, 0.6) is 0 Å². The first-order valence-electron chi connectivity index (χ1n) is 9.17. The van der Waals surface area contributed by atoms with Crippen molar-refractivity contribution >= 4 is 33.3 Å². The van der Waals surface area contributed by atoms with Gasteiger partial charge < -0.3 is 14.8 Å². The summed E-state index contributed by atoms with van der Waals surface area (Å²) in [6.45, 7) is 6.30. The number of benzene rings is 1. The quantitative estimate of drug-likeness (QED) is 0.429. The summed E-state index contributed by atoms with van der Waals surface area (Å²) in [7, 11) is 0.0409. The number of Topliss-reactive ketones (excluding diaryl/α,β-unsaturated/α-hetero) is 2. The lowest BCUT2D eigenvalue weighted by Crippen LogP contribution is -2.37. The minimum atomic E-state index is -3.98. The fraction of sp³-hybridized carbons (Fsp3) is 0.550. The number of hydrogen-bond acceptors (Lipinski definition) is 8. The summed E-state index contributed by atoms with van der Waals surface area (Å²) in [4.78, 5) is 34.1. The second-order valence-corrected chi connectivity index (χ2v) is 8.27. The van der Waals surface area contributed by atoms with Gasteiger partial charge in [-0.1, -0.05) is 12.1 Å². The normalized spacial score (nSPS) is 14.0. The standard InChI is InChI=1S/C14H19NO6S.C6H12O2/c1-9(16)13(10(2)20-3)14(17)15-11-7-5-6-8-12(11)22(18,19)21-4;1-5(7)4-6(2)8-3/h5-8,10,13H,1-4H3,(H,15,17);6H,4H2,1-3H3. The maximum absolute atomic E-state index is 12.3. The van der Waals surface area contributed by atoms with E-state index in [0.29, 0.717) is 6.42 Å². The third kappa shape index (κ3) is 9.12. The highest BCUT2D eigenvalue weighted by Gasteiger charge is 2.31. The molecule has 10 heteroatoms. The van der Waals surface area contributed by atoms with Crippen molar-refractivity contribution in [2.24, 2.45) is 5.92 Å². The maximum Gasteiger partial charge on any atom is 0.298 e. The van der Waals surface area contributed by atoms with Crippen molar-refractivity contribution < 1.29 is 36.5 Å². The van der Waals surface area contributed by atoms with Gasteiger partial charge >= 0.3 is 0 Å². The molecule has 0 radical (unpaired) electrons. The van der Waals surface area contributed by atoms with E-state index in [4.69, 9.17) is 9.47 Å². The third-order valence-corrected chi connectivity index (χ3v) is 5.51. The molecule has 0 aliphatic heterocycles. The Hall–Kier alpha value is -2.14. The molecule has 0 aliphatic carbocycles. The number of ether oxygens (including phenoxy) is 2. The second-order valence-electron chi connectivity index (χ2n) is 6.59. The predicted octanol–water partition coefficient (Wildman–Crippen LogP) is 2.20. The molecule has 9 nitrogen and oxygen atoms in total. The average molecular weight is 446 g/mol. The number of amides is 1. The van der Waals surface area contributed by atoms with E-state index < -0.39 is 28.0 Å². The van der Waals surface area contributed by atoms with Gasteiger partial charge in [0.1, 0.15) is 22.4 Å². The predicted molar refractivity (Wildman–Crippen MR) is 112 cm³/mol. The fourth-order valence-corrected chi connectivity index (χ4v) is 3.25. The number of carbonyl (C=O) groups excluding carboxylic acids is 3. The zero-order valence-corrected chi connectivity index (χ0v) is 19.2. The van der Waals surface area contributed by atoms with E-state index in [1.54, 1.807) is 27.0 Å². The Balaban J connectivity index is 0.000000890. The molecule has 1 N–H and O–H groups in total. The number of para-hydroxylation sites is 1. The highest BCUT2D eigenvalue weighted by atomic mass is 32.2. The van der Waals surface area contributed by atoms with E-state index in [1.165, 1.54) is 32.2 Å². The van der Waals surface area contributed by atoms with Crippen LogP contribution in [0.25, 0.3) is 0 Å². The SMILES string of the molecule is COC(C)C(C(C)=O)C(=O)Nc1ccccc1S(=O)(=O)OC.COC(C)CC(C)=O. The van der Waals surface area contributed by atoms with Crippen molar-refractivity contribution in [2.45, 2.75) is 51.2 Å². The lowest BCUT2D eigenvalue weighted by Gasteiger charge is -2.20. The van der Waals surface area contributed by atoms with Crippen LogP contribution < -0.4 is 5.32 Å². The maximum atomic E-state index is 12.3. The van der Waals surface area contributed by atoms with Crippen LogP contribution in [-0.4, -0.2) is 59.4 Å². The number of hydrogen-bond donors (Lipinski definition) is 1. The molecule has 1 amide bonds. The topological polar surface area (TPSA) is 125 Å². The first-order chi connectivity index (χ1) is 13.9. The van der Waals surface area contributed by atoms with Crippen molar-refractivity contribution in [3.63, 3.8) is 0 Å². The minimum Gasteiger partial charge on any atom is -0.381 e. The van der Waals surface area contributed by atoms with Crippen molar-refractivity contribution in [2.75, 3.05) is 26.6 Å². The van der Waals surface area contributed by atoms with Crippen LogP contribution in [0.15, 0.2) is 29.2 Å². The number of nitrogens with one attached hydrogen (secondary N) is 1. The van der Waals surface area contributed by atoms with Crippen LogP contribution in [0, 0.1) is 5.92 Å². The van der Waals surface area contributed by atoms with Crippen LogP contribution in [0.4, 0.5) is 5.69 Å². The number of methoxy groups -OCH3 is 2. The van der Waals surface area contributed by atoms with Crippen LogP contribution >= 0.6 is 0 Å². The molecule has 0 saturated carbocycles. The summed E-state index contributed by atoms with van der Waals surface area (Å²) in [6, 6.07) is 5.78. The van der Waals surface area contributed by atoms with Gasteiger partial charge in [0.15, 0.2) is 0 Å². The summed E-state index contributed by atoms with van der Waals surface area (Å²) >= 11 is 0. The Bertz CT molecular complexity index is 822. The third-order valence-electron chi connectivity index (χ3n) is 4.17. The largest absolute Gasteiger partial charge is 0.381 e. The van der Waals surface area contributed by atoms with Gasteiger partial charge in [-0.05, 0) is 39.8 Å². The monoisotopic (exact) mass is 445 g/mol. The molecular weight excluding hydrogens is 414 g/mol. The lowest BCUT2D eigenvalue weighted by molar-refractivity contribution is -0.135. The molecule has 3 unspecified atom stereocenters. The minimum absolute atomic E-state index is 0.0453. The smallest absolute Gasteiger partial charge is 0.298 e. The summed E-state index contributed by atoms with van der Waals surface area (Å²) in [5, 5.41) is 2.45. The summed E-state index contributed by atoms with van der Waals surface area (Å²) in [6.07, 6.45) is -0.0348. The first-order valence-corrected chi connectivity index (χ1v) is 10.6. The highest BCUT2D eigenvalue weighted by molar-refractivity contribution is 7.87. The van der Waals surface area contributed by atoms with Crippen LogP contribution in [-0.2, 0) is 38.2 Å². The van der Waals surface area contributed by atoms with Gasteiger partial charge in [0.25, 0.3) is 10.1 Å². The Morgan fingerprint density at radius 3 is 1.97 bits per heavy atom. The number of rotatable bonds is 10. The number of anilines is 1. The van der Waals surface area contributed by atoms with Crippen LogP contribution in [0.2, 0.25) is 0 Å². The van der Waals surface area contributed by atoms with Gasteiger partial charge in [-0.3, -0.25) is 18.6 Å². The molecule has 3 atom stereocenters. The van der Waals surface area contributed by atoms with Crippen LogP contribution in [0.1, 0.15) is 34.1 Å². The van der Waals surface area contributed by atoms with Gasteiger partial charge in [0, 0.05) is 20.6 Å². The zero-order valence-electron chi connectivity index (χ0n) is 18.4. The molecule has 0 aromatic heterocycles. The molecule has 1 aromatic carbocycles. The fourth-order valence-electron chi connectivity index (χ4n) is 2.44. The Morgan fingerprint density at radius 1 is 1.00 bits per heavy atom. The Labute approximate surface area is 178 Å². The molecule has 0 saturated heterocycles. The Morgan fingerprint density at radius 2 is 1.57 bits per heavy atom. The molecule has 0 aliphatic rings. The summed E-state index contributed by atoms with van der Waals surface area (Å²) < 4.78 is 38.0. The van der Waals surface area contributed by atoms with Crippen molar-refractivity contribution in [1.82, 2.24) is 0 Å². The summed E-state index contributed by atoms with van der Waals surface area (Å²) in [5.41, 5.74) is 0.0453. The van der Waals surface area contributed by atoms with Gasteiger partial charge in [0.2, 0.25) is 5.91 Å². The van der Waals surface area contributed by atoms with Gasteiger partial charge in [-0.15, -0.1) is 0 Å². The molecule has 1 rings (SSSR count). The zero-order chi connectivity index (χ0) is 23.5. The van der Waals surface area contributed by atoms with E-state index >= 15 is 0 Å². The van der Waals surface area contributed by atoms with E-state index in [-0.39, 0.29) is 28.3 Å². The molecule has 170 valence electrons. The van der Waals surface area contributed by atoms with Gasteiger partial charge in [0.05, 0.1) is 25.0 Å². The van der Waals surface area contributed by atoms with E-state index in [9.17, 15) is 22.8 Å². The highest BCUT2D eigenvalue weighted by Crippen LogP contribution is 2.23. The molecular formula is C20H31NO8S. The average Bonchev–Trinajstić information content (AvgIpc) is 2.67. The first kappa shape index (κ1) is 27.9. The molecule has 0 heterocycles. The Kier molecular flexibility index (Phi) is 12.3. The van der Waals surface area contributed by atoms with Crippen molar-refractivity contribution in [3.8, 4) is 0 Å².